The first kappa shape index (κ1) is 16.0. The Bertz CT molecular complexity index is 477. The molecule has 1 rings (SSSR count). The summed E-state index contributed by atoms with van der Waals surface area (Å²) in [5.74, 6) is -0.165. The summed E-state index contributed by atoms with van der Waals surface area (Å²) in [5.41, 5.74) is 5.43. The number of primary amides is 1. The normalized spacial score (nSPS) is 11.0. The van der Waals surface area contributed by atoms with Crippen LogP contribution in [0, 0.1) is 0 Å². The number of nitrogens with one attached hydrogen (secondary N) is 1. The summed E-state index contributed by atoms with van der Waals surface area (Å²) in [6.07, 6.45) is 0. The Morgan fingerprint density at radius 1 is 1.30 bits per heavy atom. The Labute approximate surface area is 118 Å². The lowest BCUT2D eigenvalue weighted by Gasteiger charge is -2.25. The van der Waals surface area contributed by atoms with E-state index < -0.39 is 11.6 Å². The van der Waals surface area contributed by atoms with Crippen LogP contribution in [0.1, 0.15) is 29.8 Å². The number of carbonyl (C=O) groups excluding carboxylic acids is 2. The van der Waals surface area contributed by atoms with E-state index in [0.29, 0.717) is 12.1 Å². The van der Waals surface area contributed by atoms with Crippen molar-refractivity contribution in [2.45, 2.75) is 26.0 Å². The van der Waals surface area contributed by atoms with Gasteiger partial charge in [0.05, 0.1) is 5.60 Å². The molecule has 1 aromatic carbocycles. The lowest BCUT2D eigenvalue weighted by Crippen LogP contribution is -2.39. The van der Waals surface area contributed by atoms with Crippen LogP contribution in [0.4, 0.5) is 4.79 Å². The molecule has 0 radical (unpaired) electrons. The van der Waals surface area contributed by atoms with Crippen LogP contribution in [-0.2, 0) is 6.54 Å². The van der Waals surface area contributed by atoms with Gasteiger partial charge in [-0.25, -0.2) is 4.79 Å². The fourth-order valence-corrected chi connectivity index (χ4v) is 1.83. The highest BCUT2D eigenvalue weighted by Crippen LogP contribution is 2.10. The molecule has 1 aromatic rings. The minimum absolute atomic E-state index is 0.165. The van der Waals surface area contributed by atoms with Crippen LogP contribution >= 0.6 is 0 Å². The molecule has 0 aliphatic heterocycles. The number of nitrogens with zero attached hydrogens (tertiary/aromatic N) is 1. The third-order valence-electron chi connectivity index (χ3n) is 2.64. The van der Waals surface area contributed by atoms with Gasteiger partial charge >= 0.3 is 6.03 Å². The molecule has 0 heterocycles. The zero-order chi connectivity index (χ0) is 15.3. The monoisotopic (exact) mass is 279 g/mol. The van der Waals surface area contributed by atoms with Crippen molar-refractivity contribution in [3.8, 4) is 0 Å². The van der Waals surface area contributed by atoms with Crippen molar-refractivity contribution in [2.24, 2.45) is 5.73 Å². The molecule has 0 aliphatic carbocycles. The highest BCUT2D eigenvalue weighted by Gasteiger charge is 2.20. The van der Waals surface area contributed by atoms with Crippen LogP contribution in [0.5, 0.6) is 0 Å². The molecule has 0 fully saturated rings. The van der Waals surface area contributed by atoms with E-state index in [4.69, 9.17) is 5.73 Å². The molecule has 0 spiro atoms. The molecule has 110 valence electrons. The lowest BCUT2D eigenvalue weighted by atomic mass is 10.1. The largest absolute Gasteiger partial charge is 0.389 e. The second-order valence-electron chi connectivity index (χ2n) is 5.39. The van der Waals surface area contributed by atoms with Gasteiger partial charge in [-0.05, 0) is 31.5 Å². The van der Waals surface area contributed by atoms with Crippen LogP contribution < -0.4 is 11.1 Å². The van der Waals surface area contributed by atoms with E-state index in [1.165, 1.54) is 4.90 Å². The second-order valence-corrected chi connectivity index (χ2v) is 5.39. The molecule has 0 aliphatic rings. The van der Waals surface area contributed by atoms with E-state index in [2.05, 4.69) is 5.32 Å². The average molecular weight is 279 g/mol. The molecule has 20 heavy (non-hydrogen) atoms. The first-order chi connectivity index (χ1) is 9.19. The Kier molecular flexibility index (Phi) is 5.10. The van der Waals surface area contributed by atoms with Gasteiger partial charge in [0.15, 0.2) is 0 Å². The van der Waals surface area contributed by atoms with Gasteiger partial charge < -0.3 is 21.1 Å². The van der Waals surface area contributed by atoms with Gasteiger partial charge in [0.25, 0.3) is 5.91 Å². The summed E-state index contributed by atoms with van der Waals surface area (Å²) in [6, 6.07) is 6.28. The maximum atomic E-state index is 12.1. The Morgan fingerprint density at radius 3 is 2.30 bits per heavy atom. The van der Waals surface area contributed by atoms with E-state index >= 15 is 0 Å². The van der Waals surface area contributed by atoms with E-state index in [0.717, 1.165) is 5.56 Å². The highest BCUT2D eigenvalue weighted by atomic mass is 16.3. The fourth-order valence-electron chi connectivity index (χ4n) is 1.83. The Hall–Kier alpha value is -2.08. The van der Waals surface area contributed by atoms with Crippen molar-refractivity contribution in [1.82, 2.24) is 10.2 Å². The van der Waals surface area contributed by atoms with Crippen molar-refractivity contribution in [3.05, 3.63) is 35.4 Å². The Morgan fingerprint density at radius 2 is 1.85 bits per heavy atom. The molecular formula is C14H21N3O3. The minimum atomic E-state index is -0.935. The van der Waals surface area contributed by atoms with Crippen molar-refractivity contribution in [2.75, 3.05) is 13.6 Å². The minimum Gasteiger partial charge on any atom is -0.389 e. The molecular weight excluding hydrogens is 258 g/mol. The third kappa shape index (κ3) is 5.27. The Balaban J connectivity index is 2.68. The van der Waals surface area contributed by atoms with E-state index in [-0.39, 0.29) is 12.5 Å². The van der Waals surface area contributed by atoms with Crippen molar-refractivity contribution in [1.29, 1.82) is 0 Å². The van der Waals surface area contributed by atoms with E-state index in [9.17, 15) is 14.7 Å². The number of aliphatic hydroxyl groups is 1. The van der Waals surface area contributed by atoms with Crippen LogP contribution in [0.25, 0.3) is 0 Å². The van der Waals surface area contributed by atoms with Gasteiger partial charge in [-0.2, -0.15) is 0 Å². The predicted octanol–water partition coefficient (Wildman–Crippen LogP) is 0.698. The van der Waals surface area contributed by atoms with Gasteiger partial charge in [0.1, 0.15) is 0 Å². The molecule has 0 saturated carbocycles. The van der Waals surface area contributed by atoms with Crippen LogP contribution in [0.3, 0.4) is 0 Å². The molecule has 3 amide bonds. The van der Waals surface area contributed by atoms with Crippen LogP contribution in [0.2, 0.25) is 0 Å². The fraction of sp³-hybridized carbons (Fsp3) is 0.429. The third-order valence-corrected chi connectivity index (χ3v) is 2.64. The second kappa shape index (κ2) is 6.38. The number of urea groups is 1. The molecule has 0 unspecified atom stereocenters. The number of nitrogens with two attached hydrogens (primary N) is 1. The maximum Gasteiger partial charge on any atom is 0.312 e. The standard InChI is InChI=1S/C14H21N3O3/c1-14(2,20)9-17(3)12(18)11-6-4-10(5-7-11)8-16-13(15)19/h4-7,20H,8-9H2,1-3H3,(H3,15,16,19). The van der Waals surface area contributed by atoms with Crippen molar-refractivity contribution < 1.29 is 14.7 Å². The highest BCUT2D eigenvalue weighted by molar-refractivity contribution is 5.94. The number of hydrogen-bond donors (Lipinski definition) is 3. The number of likely N-dealkylation sites (N-methyl/N-ethyl adjacent to an activating group) is 1. The zero-order valence-corrected chi connectivity index (χ0v) is 12.0. The predicted molar refractivity (Wildman–Crippen MR) is 76.1 cm³/mol. The number of amides is 3. The summed E-state index contributed by atoms with van der Waals surface area (Å²) < 4.78 is 0. The molecule has 6 heteroatoms. The summed E-state index contributed by atoms with van der Waals surface area (Å²) in [7, 11) is 1.64. The topological polar surface area (TPSA) is 95.7 Å². The van der Waals surface area contributed by atoms with Gasteiger partial charge in [0.2, 0.25) is 0 Å². The van der Waals surface area contributed by atoms with E-state index in [1.54, 1.807) is 45.2 Å². The number of benzene rings is 1. The van der Waals surface area contributed by atoms with Gasteiger partial charge in [0, 0.05) is 25.7 Å². The number of carbonyl (C=O) groups is 2. The van der Waals surface area contributed by atoms with Crippen LogP contribution in [-0.4, -0.2) is 41.1 Å². The quantitative estimate of drug-likeness (QED) is 0.740. The summed E-state index contributed by atoms with van der Waals surface area (Å²) >= 11 is 0. The van der Waals surface area contributed by atoms with Crippen molar-refractivity contribution in [3.63, 3.8) is 0 Å². The smallest absolute Gasteiger partial charge is 0.312 e. The summed E-state index contributed by atoms with van der Waals surface area (Å²) in [5, 5.41) is 12.2. The summed E-state index contributed by atoms with van der Waals surface area (Å²) in [4.78, 5) is 24.2. The summed E-state index contributed by atoms with van der Waals surface area (Å²) in [6.45, 7) is 3.87. The lowest BCUT2D eigenvalue weighted by molar-refractivity contribution is 0.0368. The maximum absolute atomic E-state index is 12.1. The molecule has 6 nitrogen and oxygen atoms in total. The molecule has 0 aromatic heterocycles. The number of hydrogen-bond acceptors (Lipinski definition) is 3. The molecule has 0 saturated heterocycles. The molecule has 0 bridgehead atoms. The van der Waals surface area contributed by atoms with Gasteiger partial charge in [-0.15, -0.1) is 0 Å². The van der Waals surface area contributed by atoms with Crippen LogP contribution in [0.15, 0.2) is 24.3 Å². The van der Waals surface area contributed by atoms with Gasteiger partial charge in [-0.1, -0.05) is 12.1 Å². The average Bonchev–Trinajstić information content (AvgIpc) is 2.34. The first-order valence-electron chi connectivity index (χ1n) is 6.29. The number of rotatable bonds is 5. The molecule has 4 N–H and O–H groups in total. The molecule has 0 atom stereocenters. The first-order valence-corrected chi connectivity index (χ1v) is 6.29. The van der Waals surface area contributed by atoms with Crippen molar-refractivity contribution >= 4 is 11.9 Å². The van der Waals surface area contributed by atoms with E-state index in [1.807, 2.05) is 0 Å². The van der Waals surface area contributed by atoms with Gasteiger partial charge in [-0.3, -0.25) is 4.79 Å². The zero-order valence-electron chi connectivity index (χ0n) is 12.0. The SMILES string of the molecule is CN(CC(C)(C)O)C(=O)c1ccc(CNC(N)=O)cc1.